The number of nitrogen functional groups attached to an aromatic ring is 1. The fourth-order valence-electron chi connectivity index (χ4n) is 3.47. The van der Waals surface area contributed by atoms with Gasteiger partial charge < -0.3 is 15.5 Å². The quantitative estimate of drug-likeness (QED) is 0.413. The molecule has 0 aliphatic heterocycles. The lowest BCUT2D eigenvalue weighted by Gasteiger charge is -2.19. The smallest absolute Gasteiger partial charge is 0.268 e. The number of nitrogens with two attached hydrogens (primary N) is 1. The molecule has 2 heterocycles. The van der Waals surface area contributed by atoms with E-state index < -0.39 is 6.04 Å². The summed E-state index contributed by atoms with van der Waals surface area (Å²) >= 11 is 6.31. The zero-order valence-corrected chi connectivity index (χ0v) is 17.6. The van der Waals surface area contributed by atoms with E-state index in [1.165, 1.54) is 0 Å². The Balaban J connectivity index is 1.94. The van der Waals surface area contributed by atoms with E-state index in [1.807, 2.05) is 30.3 Å². The average molecular weight is 432 g/mol. The summed E-state index contributed by atoms with van der Waals surface area (Å²) in [5.74, 6) is 1.16. The van der Waals surface area contributed by atoms with Crippen molar-refractivity contribution in [1.82, 2.24) is 9.97 Å². The monoisotopic (exact) mass is 431 g/mol. The topological polar surface area (TPSA) is 98.4 Å². The minimum absolute atomic E-state index is 0.0813. The van der Waals surface area contributed by atoms with Gasteiger partial charge in [0.05, 0.1) is 28.6 Å². The van der Waals surface area contributed by atoms with E-state index in [2.05, 4.69) is 20.1 Å². The molecule has 0 aliphatic rings. The van der Waals surface area contributed by atoms with Crippen LogP contribution < -0.4 is 16.5 Å². The van der Waals surface area contributed by atoms with Gasteiger partial charge in [0, 0.05) is 5.56 Å². The summed E-state index contributed by atoms with van der Waals surface area (Å²) in [6.45, 7) is 10.9. The van der Waals surface area contributed by atoms with Crippen molar-refractivity contribution in [3.8, 4) is 11.3 Å². The van der Waals surface area contributed by atoms with E-state index in [0.29, 0.717) is 33.1 Å². The van der Waals surface area contributed by atoms with Gasteiger partial charge in [0.1, 0.15) is 23.2 Å². The number of anilines is 2. The normalized spacial score (nSPS) is 11.8. The standard InChI is InChI=1S/C23H18ClN5O2/c1-12(27-23-18(26-3)22(25)28-13(2)29-23)17-19(30)15-10-7-11-16(24)21(15)31-20(17)14-8-5-4-6-9-14/h4-12H,1-2H3,(H3,25,27,28,29). The molecule has 0 saturated carbocycles. The van der Waals surface area contributed by atoms with Gasteiger partial charge in [0.25, 0.3) is 5.69 Å². The molecule has 0 fully saturated rings. The second-order valence-electron chi connectivity index (χ2n) is 6.99. The molecular formula is C23H18ClN5O2. The van der Waals surface area contributed by atoms with Gasteiger partial charge in [-0.1, -0.05) is 48.0 Å². The first-order valence-corrected chi connectivity index (χ1v) is 9.87. The van der Waals surface area contributed by atoms with Crippen LogP contribution in [-0.2, 0) is 0 Å². The minimum Gasteiger partial charge on any atom is -0.454 e. The van der Waals surface area contributed by atoms with Crippen LogP contribution in [0.3, 0.4) is 0 Å². The third-order valence-corrected chi connectivity index (χ3v) is 5.16. The number of para-hydroxylation sites is 1. The van der Waals surface area contributed by atoms with Crippen molar-refractivity contribution in [2.75, 3.05) is 11.1 Å². The fourth-order valence-corrected chi connectivity index (χ4v) is 3.68. The molecule has 2 aromatic heterocycles. The second-order valence-corrected chi connectivity index (χ2v) is 7.39. The Morgan fingerprint density at radius 1 is 1.16 bits per heavy atom. The molecular weight excluding hydrogens is 414 g/mol. The minimum atomic E-state index is -0.552. The number of nitrogens with one attached hydrogen (secondary N) is 1. The molecule has 3 N–H and O–H groups in total. The van der Waals surface area contributed by atoms with E-state index in [-0.39, 0.29) is 22.8 Å². The van der Waals surface area contributed by atoms with Gasteiger partial charge in [-0.3, -0.25) is 4.79 Å². The predicted octanol–water partition coefficient (Wildman–Crippen LogP) is 5.52. The largest absolute Gasteiger partial charge is 0.454 e. The van der Waals surface area contributed by atoms with Crippen molar-refractivity contribution in [2.45, 2.75) is 19.9 Å². The second kappa shape index (κ2) is 8.09. The molecule has 0 radical (unpaired) electrons. The van der Waals surface area contributed by atoms with E-state index in [1.54, 1.807) is 32.0 Å². The van der Waals surface area contributed by atoms with Gasteiger partial charge >= 0.3 is 0 Å². The summed E-state index contributed by atoms with van der Waals surface area (Å²) in [5.41, 5.74) is 7.23. The molecule has 0 bridgehead atoms. The number of nitrogens with zero attached hydrogens (tertiary/aromatic N) is 3. The summed E-state index contributed by atoms with van der Waals surface area (Å²) in [4.78, 5) is 25.3. The first-order valence-electron chi connectivity index (χ1n) is 9.49. The van der Waals surface area contributed by atoms with Crippen molar-refractivity contribution < 1.29 is 4.42 Å². The van der Waals surface area contributed by atoms with Crippen molar-refractivity contribution >= 4 is 39.9 Å². The summed E-state index contributed by atoms with van der Waals surface area (Å²) in [7, 11) is 0. The van der Waals surface area contributed by atoms with Gasteiger partial charge in [-0.2, -0.15) is 0 Å². The van der Waals surface area contributed by atoms with E-state index in [4.69, 9.17) is 28.3 Å². The molecule has 0 aliphatic carbocycles. The van der Waals surface area contributed by atoms with Crippen LogP contribution in [0.25, 0.3) is 27.1 Å². The van der Waals surface area contributed by atoms with E-state index in [9.17, 15) is 4.79 Å². The summed E-state index contributed by atoms with van der Waals surface area (Å²) in [5, 5.41) is 3.88. The van der Waals surface area contributed by atoms with Crippen LogP contribution in [0.2, 0.25) is 5.02 Å². The average Bonchev–Trinajstić information content (AvgIpc) is 2.74. The molecule has 1 unspecified atom stereocenters. The molecule has 154 valence electrons. The van der Waals surface area contributed by atoms with Crippen molar-refractivity contribution in [3.63, 3.8) is 0 Å². The molecule has 0 amide bonds. The molecule has 0 spiro atoms. The highest BCUT2D eigenvalue weighted by Gasteiger charge is 2.24. The Morgan fingerprint density at radius 3 is 2.61 bits per heavy atom. The molecule has 1 atom stereocenters. The van der Waals surface area contributed by atoms with Gasteiger partial charge in [0.15, 0.2) is 11.0 Å². The number of hydrogen-bond acceptors (Lipinski definition) is 6. The fraction of sp³-hybridized carbons (Fsp3) is 0.130. The maximum Gasteiger partial charge on any atom is 0.268 e. The highest BCUT2D eigenvalue weighted by Crippen LogP contribution is 2.35. The lowest BCUT2D eigenvalue weighted by Crippen LogP contribution is -2.20. The predicted molar refractivity (Wildman–Crippen MR) is 122 cm³/mol. The molecule has 4 rings (SSSR count). The highest BCUT2D eigenvalue weighted by atomic mass is 35.5. The van der Waals surface area contributed by atoms with Crippen molar-refractivity contribution in [1.29, 1.82) is 0 Å². The van der Waals surface area contributed by atoms with Gasteiger partial charge in [0.2, 0.25) is 0 Å². The van der Waals surface area contributed by atoms with E-state index in [0.717, 1.165) is 5.56 Å². The van der Waals surface area contributed by atoms with Crippen LogP contribution in [0, 0.1) is 13.5 Å². The van der Waals surface area contributed by atoms with Crippen LogP contribution in [-0.4, -0.2) is 9.97 Å². The summed E-state index contributed by atoms with van der Waals surface area (Å²) in [6, 6.07) is 13.8. The van der Waals surface area contributed by atoms with Crippen LogP contribution in [0.5, 0.6) is 0 Å². The van der Waals surface area contributed by atoms with Crippen LogP contribution in [0.1, 0.15) is 24.4 Å². The molecule has 31 heavy (non-hydrogen) atoms. The third-order valence-electron chi connectivity index (χ3n) is 4.86. The number of hydrogen-bond donors (Lipinski definition) is 2. The van der Waals surface area contributed by atoms with Crippen LogP contribution in [0.4, 0.5) is 17.3 Å². The van der Waals surface area contributed by atoms with Crippen LogP contribution in [0.15, 0.2) is 57.7 Å². The lowest BCUT2D eigenvalue weighted by atomic mass is 9.99. The van der Waals surface area contributed by atoms with Crippen molar-refractivity contribution in [3.05, 3.63) is 86.6 Å². The zero-order chi connectivity index (χ0) is 22.1. The Bertz CT molecular complexity index is 1390. The number of halogens is 1. The first kappa shape index (κ1) is 20.4. The Hall–Kier alpha value is -3.89. The number of aryl methyl sites for hydroxylation is 1. The summed E-state index contributed by atoms with van der Waals surface area (Å²) in [6.07, 6.45) is 0. The maximum atomic E-state index is 13.5. The molecule has 2 aromatic carbocycles. The maximum absolute atomic E-state index is 13.5. The Labute approximate surface area is 183 Å². The number of rotatable bonds is 4. The number of benzene rings is 2. The SMILES string of the molecule is [C-]#[N+]c1c(N)nc(C)nc1NC(C)c1c(-c2ccccc2)oc2c(Cl)cccc2c1=O. The number of aromatic nitrogens is 2. The summed E-state index contributed by atoms with van der Waals surface area (Å²) < 4.78 is 6.16. The van der Waals surface area contributed by atoms with Gasteiger partial charge in [-0.25, -0.2) is 14.8 Å². The molecule has 7 nitrogen and oxygen atoms in total. The van der Waals surface area contributed by atoms with E-state index >= 15 is 0 Å². The lowest BCUT2D eigenvalue weighted by molar-refractivity contribution is 0.604. The highest BCUT2D eigenvalue weighted by molar-refractivity contribution is 6.34. The Morgan fingerprint density at radius 2 is 1.90 bits per heavy atom. The molecule has 4 aromatic rings. The van der Waals surface area contributed by atoms with Crippen molar-refractivity contribution in [2.24, 2.45) is 0 Å². The Kier molecular flexibility index (Phi) is 5.32. The van der Waals surface area contributed by atoms with Crippen LogP contribution >= 0.6 is 11.6 Å². The van der Waals surface area contributed by atoms with Gasteiger partial charge in [-0.05, 0) is 26.0 Å². The molecule has 8 heteroatoms. The van der Waals surface area contributed by atoms with Gasteiger partial charge in [-0.15, -0.1) is 0 Å². The first-order chi connectivity index (χ1) is 14.9. The third kappa shape index (κ3) is 3.69. The zero-order valence-electron chi connectivity index (χ0n) is 16.8. The number of fused-ring (bicyclic) bond motifs is 1. The molecule has 0 saturated heterocycles.